The molecule has 0 N–H and O–H groups in total. The van der Waals surface area contributed by atoms with Crippen LogP contribution in [0, 0.1) is 0 Å². The third-order valence-corrected chi connectivity index (χ3v) is 14.0. The molecular formula is C14H34IP. The van der Waals surface area contributed by atoms with E-state index in [0.29, 0.717) is 0 Å². The van der Waals surface area contributed by atoms with Crippen molar-refractivity contribution in [2.75, 3.05) is 30.8 Å². The summed E-state index contributed by atoms with van der Waals surface area (Å²) in [6.45, 7) is 10.9. The van der Waals surface area contributed by atoms with Gasteiger partial charge in [-0.3, -0.25) is 0 Å². The van der Waals surface area contributed by atoms with Crippen molar-refractivity contribution in [1.29, 1.82) is 0 Å². The van der Waals surface area contributed by atoms with Gasteiger partial charge in [-0.05, 0) is 0 Å². The predicted molar refractivity (Wildman–Crippen MR) is 93.5 cm³/mol. The first-order chi connectivity index (χ1) is 7.12. The van der Waals surface area contributed by atoms with Crippen LogP contribution in [0.25, 0.3) is 0 Å². The van der Waals surface area contributed by atoms with Crippen LogP contribution < -0.4 is 0 Å². The van der Waals surface area contributed by atoms with Crippen LogP contribution in [0.1, 0.15) is 60.3 Å². The van der Waals surface area contributed by atoms with Gasteiger partial charge in [-0.2, -0.15) is 0 Å². The predicted octanol–water partition coefficient (Wildman–Crippen LogP) is 5.82. The van der Waals surface area contributed by atoms with Crippen molar-refractivity contribution in [3.05, 3.63) is 0 Å². The molecule has 0 unspecified atom stereocenters. The van der Waals surface area contributed by atoms with Gasteiger partial charge in [-0.15, -0.1) is 24.0 Å². The van der Waals surface area contributed by atoms with Crippen molar-refractivity contribution in [3.63, 3.8) is 0 Å². The topological polar surface area (TPSA) is 0 Å². The van der Waals surface area contributed by atoms with Gasteiger partial charge in [-0.1, -0.05) is 0 Å². The summed E-state index contributed by atoms with van der Waals surface area (Å²) in [4.78, 5) is 0. The van der Waals surface area contributed by atoms with E-state index >= 15 is 0 Å². The molecule has 0 heterocycles. The molecule has 0 fully saturated rings. The van der Waals surface area contributed by atoms with E-state index in [1.54, 1.807) is 6.16 Å². The van der Waals surface area contributed by atoms with E-state index in [4.69, 9.17) is 0 Å². The van der Waals surface area contributed by atoms with Crippen LogP contribution in [0.5, 0.6) is 0 Å². The zero-order valence-corrected chi connectivity index (χ0v) is 15.4. The molecule has 102 valence electrons. The average Bonchev–Trinajstić information content (AvgIpc) is 2.32. The Balaban J connectivity index is 0. The largest absolute Gasteiger partial charge is 0.107 e. The van der Waals surface area contributed by atoms with Gasteiger partial charge in [0.05, 0.1) is 0 Å². The fraction of sp³-hybridized carbons (Fsp3) is 1.00. The fourth-order valence-electron chi connectivity index (χ4n) is 2.96. The fourth-order valence-corrected chi connectivity index (χ4v) is 8.03. The second kappa shape index (κ2) is 9.14. The molecule has 0 atom stereocenters. The summed E-state index contributed by atoms with van der Waals surface area (Å²) in [5, 5.41) is 0. The first kappa shape index (κ1) is 19.5. The molecule has 2 heteroatoms. The van der Waals surface area contributed by atoms with Gasteiger partial charge < -0.3 is 0 Å². The van der Waals surface area contributed by atoms with E-state index in [1.165, 1.54) is 50.3 Å². The van der Waals surface area contributed by atoms with Crippen molar-refractivity contribution >= 4 is 30.6 Å². The Bertz CT molecular complexity index is 141. The molecule has 0 amide bonds. The number of hydrogen-bond donors (Lipinski definition) is 0. The number of rotatable bonds is 9. The summed E-state index contributed by atoms with van der Waals surface area (Å²) in [6, 6.07) is 0. The van der Waals surface area contributed by atoms with Gasteiger partial charge >= 0.3 is 97.7 Å². The quantitative estimate of drug-likeness (QED) is 0.276. The van der Waals surface area contributed by atoms with Gasteiger partial charge in [-0.25, -0.2) is 0 Å². The maximum absolute atomic E-state index is 2.45. The van der Waals surface area contributed by atoms with Crippen LogP contribution in [0.3, 0.4) is 0 Å². The summed E-state index contributed by atoms with van der Waals surface area (Å²) >= 11 is 0. The molecule has 0 saturated heterocycles. The maximum Gasteiger partial charge on any atom is -0.107 e. The van der Waals surface area contributed by atoms with E-state index in [1.807, 2.05) is 0 Å². The molecule has 0 aromatic rings. The third kappa shape index (κ3) is 4.80. The minimum absolute atomic E-state index is 0. The molecule has 0 aliphatic carbocycles. The molecule has 0 bridgehead atoms. The van der Waals surface area contributed by atoms with Crippen LogP contribution in [0.2, 0.25) is 0 Å². The molecule has 0 radical (unpaired) electrons. The van der Waals surface area contributed by atoms with E-state index in [-0.39, 0.29) is 24.0 Å². The SMILES string of the molecule is CCCCCCP(CC)(CC)(CC)CC.I. The summed E-state index contributed by atoms with van der Waals surface area (Å²) in [5.41, 5.74) is 0. The van der Waals surface area contributed by atoms with Crippen molar-refractivity contribution in [3.8, 4) is 0 Å². The second-order valence-corrected chi connectivity index (χ2v) is 12.7. The maximum atomic E-state index is 2.45. The van der Waals surface area contributed by atoms with Crippen molar-refractivity contribution in [2.24, 2.45) is 0 Å². The van der Waals surface area contributed by atoms with Crippen LogP contribution in [-0.2, 0) is 0 Å². The van der Waals surface area contributed by atoms with E-state index in [0.717, 1.165) is 0 Å². The van der Waals surface area contributed by atoms with Crippen molar-refractivity contribution in [1.82, 2.24) is 0 Å². The van der Waals surface area contributed by atoms with E-state index < -0.39 is 6.60 Å². The molecule has 0 rings (SSSR count). The molecule has 0 nitrogen and oxygen atoms in total. The minimum atomic E-state index is -1.26. The zero-order chi connectivity index (χ0) is 11.8. The Morgan fingerprint density at radius 2 is 1.06 bits per heavy atom. The summed E-state index contributed by atoms with van der Waals surface area (Å²) in [5.74, 6) is 0. The smallest absolute Gasteiger partial charge is 0.107 e. The number of unbranched alkanes of at least 4 members (excludes halogenated alkanes) is 3. The van der Waals surface area contributed by atoms with Gasteiger partial charge in [0.1, 0.15) is 0 Å². The van der Waals surface area contributed by atoms with Gasteiger partial charge in [0, 0.05) is 0 Å². The van der Waals surface area contributed by atoms with Gasteiger partial charge in [0.2, 0.25) is 0 Å². The standard InChI is InChI=1S/C14H33P.HI/c1-6-11-12-13-14-15(7-2,8-3,9-4)10-5;/h6-14H2,1-5H3;1H. The molecule has 16 heavy (non-hydrogen) atoms. The first-order valence-electron chi connectivity index (χ1n) is 7.12. The molecule has 0 aliphatic rings. The van der Waals surface area contributed by atoms with Crippen molar-refractivity contribution < 1.29 is 0 Å². The summed E-state index contributed by atoms with van der Waals surface area (Å²) < 4.78 is 0. The van der Waals surface area contributed by atoms with E-state index in [9.17, 15) is 0 Å². The zero-order valence-electron chi connectivity index (χ0n) is 12.2. The van der Waals surface area contributed by atoms with Crippen LogP contribution in [0.4, 0.5) is 0 Å². The Kier molecular flexibility index (Phi) is 11.1. The van der Waals surface area contributed by atoms with Crippen LogP contribution in [-0.4, -0.2) is 30.8 Å². The molecule has 0 aromatic heterocycles. The van der Waals surface area contributed by atoms with Crippen LogP contribution >= 0.6 is 30.6 Å². The summed E-state index contributed by atoms with van der Waals surface area (Å²) in [7, 11) is 0. The van der Waals surface area contributed by atoms with Gasteiger partial charge in [0.15, 0.2) is 0 Å². The molecule has 0 aliphatic heterocycles. The monoisotopic (exact) mass is 360 g/mol. The average molecular weight is 360 g/mol. The van der Waals surface area contributed by atoms with Gasteiger partial charge in [0.25, 0.3) is 0 Å². The normalized spacial score (nSPS) is 13.9. The first-order valence-corrected chi connectivity index (χ1v) is 10.3. The molecular weight excluding hydrogens is 326 g/mol. The summed E-state index contributed by atoms with van der Waals surface area (Å²) in [6.07, 6.45) is 13.3. The van der Waals surface area contributed by atoms with E-state index in [2.05, 4.69) is 34.6 Å². The second-order valence-electron chi connectivity index (χ2n) is 5.29. The molecule has 0 aromatic carbocycles. The Labute approximate surface area is 121 Å². The molecule has 0 spiro atoms. The Morgan fingerprint density at radius 3 is 1.38 bits per heavy atom. The minimum Gasteiger partial charge on any atom is -0.107 e. The molecule has 0 saturated carbocycles. The Morgan fingerprint density at radius 1 is 0.625 bits per heavy atom. The Hall–Kier alpha value is 1.16. The number of halogens is 1. The number of hydrogen-bond acceptors (Lipinski definition) is 0. The van der Waals surface area contributed by atoms with Crippen LogP contribution in [0.15, 0.2) is 0 Å². The third-order valence-electron chi connectivity index (χ3n) is 5.22. The van der Waals surface area contributed by atoms with Crippen molar-refractivity contribution in [2.45, 2.75) is 60.3 Å².